The highest BCUT2D eigenvalue weighted by molar-refractivity contribution is 9.10. The second-order valence-electron chi connectivity index (χ2n) is 4.56. The molecule has 112 valence electrons. The summed E-state index contributed by atoms with van der Waals surface area (Å²) in [5.74, 6) is 1.71. The molecule has 3 aromatic rings. The minimum Gasteiger partial charge on any atom is -0.496 e. The zero-order chi connectivity index (χ0) is 15.7. The van der Waals surface area contributed by atoms with Crippen molar-refractivity contribution in [1.82, 2.24) is 15.2 Å². The zero-order valence-electron chi connectivity index (χ0n) is 11.6. The molecule has 0 aliphatic heterocycles. The van der Waals surface area contributed by atoms with Gasteiger partial charge in [-0.1, -0.05) is 45.7 Å². The van der Waals surface area contributed by atoms with E-state index in [1.165, 1.54) is 0 Å². The van der Waals surface area contributed by atoms with Gasteiger partial charge in [-0.3, -0.25) is 5.10 Å². The first-order valence-corrected chi connectivity index (χ1v) is 7.58. The molecular weight excluding hydrogens is 368 g/mol. The standard InChI is InChI=1S/C15H12BrClN4O/c1-22-13-7-12(18)11(17)6-9(13)15-19-14(20-21-15)8-4-2-3-5-10(8)16/h2-7H,18H2,1H3,(H,19,20,21). The molecule has 0 radical (unpaired) electrons. The zero-order valence-corrected chi connectivity index (χ0v) is 13.9. The lowest BCUT2D eigenvalue weighted by molar-refractivity contribution is 0.416. The van der Waals surface area contributed by atoms with E-state index in [0.717, 1.165) is 10.0 Å². The number of aromatic nitrogens is 3. The highest BCUT2D eigenvalue weighted by atomic mass is 79.9. The predicted octanol–water partition coefficient (Wildman–Crippen LogP) is 4.15. The Morgan fingerprint density at radius 1 is 1.23 bits per heavy atom. The number of hydrogen-bond donors (Lipinski definition) is 2. The van der Waals surface area contributed by atoms with Gasteiger partial charge in [0.05, 0.1) is 23.4 Å². The second kappa shape index (κ2) is 5.98. The fourth-order valence-electron chi connectivity index (χ4n) is 2.07. The number of H-pyrrole nitrogens is 1. The summed E-state index contributed by atoms with van der Waals surface area (Å²) in [7, 11) is 1.56. The minimum absolute atomic E-state index is 0.433. The van der Waals surface area contributed by atoms with Gasteiger partial charge < -0.3 is 10.5 Å². The van der Waals surface area contributed by atoms with Gasteiger partial charge in [0.15, 0.2) is 11.6 Å². The number of hydrogen-bond acceptors (Lipinski definition) is 4. The van der Waals surface area contributed by atoms with Crippen molar-refractivity contribution in [3.8, 4) is 28.5 Å². The van der Waals surface area contributed by atoms with Gasteiger partial charge >= 0.3 is 0 Å². The van der Waals surface area contributed by atoms with Crippen molar-refractivity contribution in [2.24, 2.45) is 0 Å². The van der Waals surface area contributed by atoms with E-state index in [4.69, 9.17) is 22.1 Å². The molecule has 0 aliphatic rings. The first-order chi connectivity index (χ1) is 10.6. The van der Waals surface area contributed by atoms with Gasteiger partial charge in [-0.15, -0.1) is 0 Å². The van der Waals surface area contributed by atoms with Gasteiger partial charge in [-0.2, -0.15) is 5.10 Å². The molecule has 0 unspecified atom stereocenters. The smallest absolute Gasteiger partial charge is 0.185 e. The molecule has 0 saturated heterocycles. The third kappa shape index (κ3) is 2.67. The fourth-order valence-corrected chi connectivity index (χ4v) is 2.70. The Morgan fingerprint density at radius 2 is 2.00 bits per heavy atom. The molecule has 0 bridgehead atoms. The van der Waals surface area contributed by atoms with Crippen LogP contribution in [0.5, 0.6) is 5.75 Å². The quantitative estimate of drug-likeness (QED) is 0.670. The summed E-state index contributed by atoms with van der Waals surface area (Å²) in [5.41, 5.74) is 7.84. The molecule has 1 aromatic heterocycles. The second-order valence-corrected chi connectivity index (χ2v) is 5.82. The lowest BCUT2D eigenvalue weighted by atomic mass is 10.1. The number of rotatable bonds is 3. The number of nitrogens with two attached hydrogens (primary N) is 1. The molecule has 1 heterocycles. The van der Waals surface area contributed by atoms with Crippen molar-refractivity contribution >= 4 is 33.2 Å². The lowest BCUT2D eigenvalue weighted by Crippen LogP contribution is -1.94. The van der Waals surface area contributed by atoms with E-state index in [-0.39, 0.29) is 0 Å². The molecule has 0 aliphatic carbocycles. The Kier molecular flexibility index (Phi) is 4.04. The maximum atomic E-state index is 6.09. The highest BCUT2D eigenvalue weighted by Gasteiger charge is 2.15. The van der Waals surface area contributed by atoms with E-state index >= 15 is 0 Å². The Balaban J connectivity index is 2.08. The van der Waals surface area contributed by atoms with E-state index < -0.39 is 0 Å². The normalized spacial score (nSPS) is 10.7. The Hall–Kier alpha value is -2.05. The summed E-state index contributed by atoms with van der Waals surface area (Å²) in [5, 5.41) is 7.61. The molecule has 22 heavy (non-hydrogen) atoms. The largest absolute Gasteiger partial charge is 0.496 e. The number of anilines is 1. The monoisotopic (exact) mass is 378 g/mol. The average Bonchev–Trinajstić information content (AvgIpc) is 2.99. The third-order valence-corrected chi connectivity index (χ3v) is 4.19. The van der Waals surface area contributed by atoms with Gasteiger partial charge in [-0.25, -0.2) is 4.98 Å². The van der Waals surface area contributed by atoms with Crippen LogP contribution < -0.4 is 10.5 Å². The van der Waals surface area contributed by atoms with Crippen LogP contribution in [0, 0.1) is 0 Å². The maximum absolute atomic E-state index is 6.09. The Labute approximate surface area is 140 Å². The first kappa shape index (κ1) is 14.9. The molecule has 2 aromatic carbocycles. The first-order valence-electron chi connectivity index (χ1n) is 6.41. The number of nitrogens with zero attached hydrogens (tertiary/aromatic N) is 2. The van der Waals surface area contributed by atoms with Gasteiger partial charge in [0.1, 0.15) is 5.75 Å². The van der Waals surface area contributed by atoms with Gasteiger partial charge in [-0.05, 0) is 12.1 Å². The van der Waals surface area contributed by atoms with Crippen molar-refractivity contribution in [3.05, 3.63) is 45.9 Å². The molecule has 5 nitrogen and oxygen atoms in total. The maximum Gasteiger partial charge on any atom is 0.185 e. The number of halogens is 2. The third-order valence-electron chi connectivity index (χ3n) is 3.17. The average molecular weight is 380 g/mol. The molecular formula is C15H12BrClN4O. The van der Waals surface area contributed by atoms with Crippen molar-refractivity contribution < 1.29 is 4.74 Å². The van der Waals surface area contributed by atoms with Crippen LogP contribution in [0.2, 0.25) is 5.02 Å². The lowest BCUT2D eigenvalue weighted by Gasteiger charge is -2.07. The minimum atomic E-state index is 0.433. The predicted molar refractivity (Wildman–Crippen MR) is 90.9 cm³/mol. The topological polar surface area (TPSA) is 76.8 Å². The summed E-state index contributed by atoms with van der Waals surface area (Å²) < 4.78 is 6.26. The number of aromatic amines is 1. The summed E-state index contributed by atoms with van der Waals surface area (Å²) in [6, 6.07) is 11.1. The molecule has 0 fully saturated rings. The van der Waals surface area contributed by atoms with Crippen LogP contribution in [-0.2, 0) is 0 Å². The highest BCUT2D eigenvalue weighted by Crippen LogP contribution is 2.35. The Bertz CT molecular complexity index is 834. The summed E-state index contributed by atoms with van der Waals surface area (Å²) in [6.07, 6.45) is 0. The van der Waals surface area contributed by atoms with Gasteiger partial charge in [0.25, 0.3) is 0 Å². The number of nitrogen functional groups attached to an aromatic ring is 1. The van der Waals surface area contributed by atoms with Crippen LogP contribution in [0.1, 0.15) is 0 Å². The van der Waals surface area contributed by atoms with Crippen molar-refractivity contribution in [2.75, 3.05) is 12.8 Å². The van der Waals surface area contributed by atoms with Crippen LogP contribution in [0.3, 0.4) is 0 Å². The summed E-state index contributed by atoms with van der Waals surface area (Å²) >= 11 is 9.59. The molecule has 3 rings (SSSR count). The van der Waals surface area contributed by atoms with Crippen LogP contribution in [0.15, 0.2) is 40.9 Å². The van der Waals surface area contributed by atoms with E-state index in [1.54, 1.807) is 19.2 Å². The number of nitrogens with one attached hydrogen (secondary N) is 1. The fraction of sp³-hybridized carbons (Fsp3) is 0.0667. The number of ether oxygens (including phenoxy) is 1. The van der Waals surface area contributed by atoms with E-state index in [0.29, 0.717) is 33.7 Å². The molecule has 0 saturated carbocycles. The van der Waals surface area contributed by atoms with E-state index in [2.05, 4.69) is 31.1 Å². The van der Waals surface area contributed by atoms with Crippen LogP contribution in [-0.4, -0.2) is 22.3 Å². The van der Waals surface area contributed by atoms with Crippen LogP contribution in [0.4, 0.5) is 5.69 Å². The van der Waals surface area contributed by atoms with E-state index in [1.807, 2.05) is 24.3 Å². The van der Waals surface area contributed by atoms with Crippen molar-refractivity contribution in [3.63, 3.8) is 0 Å². The summed E-state index contributed by atoms with van der Waals surface area (Å²) in [6.45, 7) is 0. The van der Waals surface area contributed by atoms with Crippen molar-refractivity contribution in [1.29, 1.82) is 0 Å². The van der Waals surface area contributed by atoms with E-state index in [9.17, 15) is 0 Å². The molecule has 3 N–H and O–H groups in total. The molecule has 7 heteroatoms. The van der Waals surface area contributed by atoms with Gasteiger partial charge in [0, 0.05) is 16.1 Å². The molecule has 0 atom stereocenters. The van der Waals surface area contributed by atoms with Crippen LogP contribution >= 0.6 is 27.5 Å². The number of methoxy groups -OCH3 is 1. The Morgan fingerprint density at radius 3 is 2.73 bits per heavy atom. The van der Waals surface area contributed by atoms with Gasteiger partial charge in [0.2, 0.25) is 0 Å². The summed E-state index contributed by atoms with van der Waals surface area (Å²) in [4.78, 5) is 4.51. The SMILES string of the molecule is COc1cc(N)c(Cl)cc1-c1n[nH]c(-c2ccccc2Br)n1. The number of benzene rings is 2. The molecule has 0 spiro atoms. The van der Waals surface area contributed by atoms with Crippen LogP contribution in [0.25, 0.3) is 22.8 Å². The van der Waals surface area contributed by atoms with Crippen molar-refractivity contribution in [2.45, 2.75) is 0 Å². The molecule has 0 amide bonds.